The van der Waals surface area contributed by atoms with Gasteiger partial charge in [-0.2, -0.15) is 0 Å². The van der Waals surface area contributed by atoms with Gasteiger partial charge in [0.2, 0.25) is 0 Å². The Labute approximate surface area is 136 Å². The number of aryl methyl sites for hydroxylation is 1. The minimum Gasteiger partial charge on any atom is -0.507 e. The second kappa shape index (κ2) is 7.38. The van der Waals surface area contributed by atoms with E-state index in [4.69, 9.17) is 4.74 Å². The lowest BCUT2D eigenvalue weighted by Crippen LogP contribution is -3.13. The molecule has 1 aromatic rings. The molecule has 1 unspecified atom stereocenters. The zero-order valence-corrected chi connectivity index (χ0v) is 14.6. The summed E-state index contributed by atoms with van der Waals surface area (Å²) < 4.78 is 4.86. The van der Waals surface area contributed by atoms with Crippen molar-refractivity contribution in [2.24, 2.45) is 0 Å². The van der Waals surface area contributed by atoms with Crippen LogP contribution in [-0.2, 0) is 16.1 Å². The third-order valence-electron chi connectivity index (χ3n) is 4.24. The maximum Gasteiger partial charge on any atom is 0.324 e. The molecule has 5 heteroatoms. The van der Waals surface area contributed by atoms with E-state index >= 15 is 0 Å². The van der Waals surface area contributed by atoms with Crippen molar-refractivity contribution in [1.82, 2.24) is 0 Å². The quantitative estimate of drug-likeness (QED) is 0.824. The Morgan fingerprint density at radius 1 is 1.50 bits per heavy atom. The van der Waals surface area contributed by atoms with Gasteiger partial charge in [-0.05, 0) is 36.1 Å². The van der Waals surface area contributed by atoms with E-state index in [0.29, 0.717) is 11.7 Å². The molecule has 0 radical (unpaired) electrons. The zero-order valence-electron chi connectivity index (χ0n) is 13.8. The Bertz CT molecular complexity index is 545. The number of esters is 1. The molecule has 1 fully saturated rings. The lowest BCUT2D eigenvalue weighted by Gasteiger charge is -2.28. The number of nitrogens with one attached hydrogen (secondary N) is 1. The van der Waals surface area contributed by atoms with Gasteiger partial charge in [-0.15, -0.1) is 11.8 Å². The number of phenolic OH excluding ortho intramolecular Hbond substituents is 1. The van der Waals surface area contributed by atoms with Crippen molar-refractivity contribution in [2.45, 2.75) is 38.5 Å². The molecular formula is C17H26NO3S+. The second-order valence-corrected chi connectivity index (χ2v) is 7.57. The lowest BCUT2D eigenvalue weighted by molar-refractivity contribution is -0.911. The highest BCUT2D eigenvalue weighted by Crippen LogP contribution is 2.27. The lowest BCUT2D eigenvalue weighted by atomic mass is 9.95. The Kier molecular flexibility index (Phi) is 5.75. The number of hydrogen-bond donors (Lipinski definition) is 2. The van der Waals surface area contributed by atoms with Gasteiger partial charge < -0.3 is 14.7 Å². The highest BCUT2D eigenvalue weighted by atomic mass is 32.2. The monoisotopic (exact) mass is 324 g/mol. The Morgan fingerprint density at radius 2 is 2.23 bits per heavy atom. The molecule has 122 valence electrons. The molecule has 0 spiro atoms. The first-order valence-electron chi connectivity index (χ1n) is 7.77. The van der Waals surface area contributed by atoms with Crippen molar-refractivity contribution in [3.05, 3.63) is 28.8 Å². The fourth-order valence-electron chi connectivity index (χ4n) is 3.00. The van der Waals surface area contributed by atoms with Crippen LogP contribution in [-0.4, -0.2) is 42.3 Å². The van der Waals surface area contributed by atoms with E-state index in [1.54, 1.807) is 11.8 Å². The van der Waals surface area contributed by atoms with E-state index in [0.717, 1.165) is 36.5 Å². The van der Waals surface area contributed by atoms with Crippen LogP contribution in [0.5, 0.6) is 5.75 Å². The fraction of sp³-hybridized carbons (Fsp3) is 0.588. The van der Waals surface area contributed by atoms with Crippen LogP contribution >= 0.6 is 11.8 Å². The molecule has 2 atom stereocenters. The number of phenols is 1. The number of hydrogen-bond acceptors (Lipinski definition) is 4. The molecule has 0 saturated carbocycles. The zero-order chi connectivity index (χ0) is 16.3. The van der Waals surface area contributed by atoms with E-state index < -0.39 is 0 Å². The van der Waals surface area contributed by atoms with Gasteiger partial charge in [0, 0.05) is 11.3 Å². The van der Waals surface area contributed by atoms with Crippen LogP contribution < -0.4 is 4.90 Å². The molecule has 2 N–H and O–H groups in total. The number of aromatic hydroxyl groups is 1. The van der Waals surface area contributed by atoms with Crippen molar-refractivity contribution in [3.8, 4) is 5.75 Å². The van der Waals surface area contributed by atoms with Gasteiger partial charge in [-0.1, -0.05) is 13.8 Å². The van der Waals surface area contributed by atoms with Gasteiger partial charge in [0.05, 0.1) is 13.7 Å². The van der Waals surface area contributed by atoms with Crippen LogP contribution in [0, 0.1) is 6.92 Å². The molecule has 0 amide bonds. The van der Waals surface area contributed by atoms with Crippen molar-refractivity contribution in [3.63, 3.8) is 0 Å². The van der Waals surface area contributed by atoms with Gasteiger partial charge >= 0.3 is 5.97 Å². The average Bonchev–Trinajstić information content (AvgIpc) is 2.49. The molecule has 0 bridgehead atoms. The number of carbonyl (C=O) groups excluding carboxylic acids is 1. The third kappa shape index (κ3) is 3.96. The van der Waals surface area contributed by atoms with Crippen LogP contribution in [0.3, 0.4) is 0 Å². The highest BCUT2D eigenvalue weighted by molar-refractivity contribution is 8.00. The van der Waals surface area contributed by atoms with Crippen LogP contribution in [0.4, 0.5) is 0 Å². The first-order chi connectivity index (χ1) is 10.4. The largest absolute Gasteiger partial charge is 0.507 e. The van der Waals surface area contributed by atoms with Gasteiger partial charge in [0.15, 0.2) is 5.25 Å². The smallest absolute Gasteiger partial charge is 0.324 e. The second-order valence-electron chi connectivity index (χ2n) is 6.26. The molecular weight excluding hydrogens is 298 g/mol. The summed E-state index contributed by atoms with van der Waals surface area (Å²) in [7, 11) is 1.44. The van der Waals surface area contributed by atoms with E-state index in [9.17, 15) is 9.90 Å². The Hall–Kier alpha value is -1.20. The number of ether oxygens (including phenoxy) is 1. The summed E-state index contributed by atoms with van der Waals surface area (Å²) in [6, 6.07) is 3.98. The van der Waals surface area contributed by atoms with Crippen molar-refractivity contribution >= 4 is 17.7 Å². The fourth-order valence-corrected chi connectivity index (χ4v) is 4.28. The normalized spacial score (nSPS) is 21.9. The predicted octanol–water partition coefficient (Wildman–Crippen LogP) is 1.50. The summed E-state index contributed by atoms with van der Waals surface area (Å²) in [5, 5.41) is 10.1. The maximum absolute atomic E-state index is 11.7. The van der Waals surface area contributed by atoms with E-state index in [-0.39, 0.29) is 11.2 Å². The minimum atomic E-state index is -0.141. The summed E-state index contributed by atoms with van der Waals surface area (Å²) in [5.74, 6) is 1.60. The molecule has 22 heavy (non-hydrogen) atoms. The maximum atomic E-state index is 11.7. The number of methoxy groups -OCH3 is 1. The van der Waals surface area contributed by atoms with Crippen molar-refractivity contribution in [1.29, 1.82) is 0 Å². The van der Waals surface area contributed by atoms with Crippen LogP contribution in [0.15, 0.2) is 12.1 Å². The van der Waals surface area contributed by atoms with Crippen molar-refractivity contribution < 1.29 is 19.5 Å². The van der Waals surface area contributed by atoms with Crippen LogP contribution in [0.2, 0.25) is 0 Å². The average molecular weight is 324 g/mol. The van der Waals surface area contributed by atoms with Crippen molar-refractivity contribution in [2.75, 3.05) is 26.0 Å². The summed E-state index contributed by atoms with van der Waals surface area (Å²) in [4.78, 5) is 13.0. The SMILES string of the molecule is COC(=O)[C@@H]1C[NH+](Cc2cc(C(C)C)c(C)cc2O)CCS1. The summed E-state index contributed by atoms with van der Waals surface area (Å²) in [6.45, 7) is 8.88. The third-order valence-corrected chi connectivity index (χ3v) is 5.44. The predicted molar refractivity (Wildman–Crippen MR) is 89.6 cm³/mol. The molecule has 1 aliphatic heterocycles. The molecule has 1 aliphatic rings. The van der Waals surface area contributed by atoms with Crippen LogP contribution in [0.1, 0.15) is 36.5 Å². The first kappa shape index (κ1) is 17.2. The topological polar surface area (TPSA) is 51.0 Å². The molecule has 0 aliphatic carbocycles. The highest BCUT2D eigenvalue weighted by Gasteiger charge is 2.30. The van der Waals surface area contributed by atoms with E-state index in [1.807, 2.05) is 13.0 Å². The molecule has 4 nitrogen and oxygen atoms in total. The number of benzene rings is 1. The standard InChI is InChI=1S/C17H25NO3S/c1-11(2)14-8-13(15(19)7-12(14)3)9-18-5-6-22-16(10-18)17(20)21-4/h7-8,11,16,19H,5-6,9-10H2,1-4H3/p+1/t16-/m0/s1. The van der Waals surface area contributed by atoms with Gasteiger partial charge in [0.25, 0.3) is 0 Å². The van der Waals surface area contributed by atoms with Crippen LogP contribution in [0.25, 0.3) is 0 Å². The van der Waals surface area contributed by atoms with Gasteiger partial charge in [-0.3, -0.25) is 4.79 Å². The minimum absolute atomic E-state index is 0.0917. The number of quaternary nitrogens is 1. The molecule has 1 heterocycles. The Morgan fingerprint density at radius 3 is 2.86 bits per heavy atom. The Balaban J connectivity index is 2.13. The van der Waals surface area contributed by atoms with Gasteiger partial charge in [-0.25, -0.2) is 0 Å². The summed E-state index contributed by atoms with van der Waals surface area (Å²) >= 11 is 1.67. The molecule has 1 saturated heterocycles. The first-order valence-corrected chi connectivity index (χ1v) is 8.82. The summed E-state index contributed by atoms with van der Waals surface area (Å²) in [6.07, 6.45) is 0. The number of carbonyl (C=O) groups is 1. The summed E-state index contributed by atoms with van der Waals surface area (Å²) in [5.41, 5.74) is 3.39. The number of thioether (sulfide) groups is 1. The molecule has 1 aromatic carbocycles. The van der Waals surface area contributed by atoms with E-state index in [2.05, 4.69) is 19.9 Å². The number of rotatable bonds is 4. The van der Waals surface area contributed by atoms with E-state index in [1.165, 1.54) is 17.6 Å². The van der Waals surface area contributed by atoms with Gasteiger partial charge in [0.1, 0.15) is 18.8 Å². The molecule has 2 rings (SSSR count). The molecule has 0 aromatic heterocycles.